The number of fused-ring (bicyclic) bond motifs is 2. The molecule has 2 fully saturated rings. The lowest BCUT2D eigenvalue weighted by Gasteiger charge is -2.29. The van der Waals surface area contributed by atoms with Gasteiger partial charge < -0.3 is 15.1 Å². The normalized spacial score (nSPS) is 25.1. The Hall–Kier alpha value is -1.55. The summed E-state index contributed by atoms with van der Waals surface area (Å²) in [6.07, 6.45) is 4.39. The fraction of sp³-hybridized carbons (Fsp3) is 0.611. The summed E-state index contributed by atoms with van der Waals surface area (Å²) in [6.45, 7) is 7.56. The first-order chi connectivity index (χ1) is 10.7. The molecule has 2 amide bonds. The van der Waals surface area contributed by atoms with Crippen LogP contribution in [0.1, 0.15) is 38.7 Å². The van der Waals surface area contributed by atoms with Gasteiger partial charge in [0.05, 0.1) is 0 Å². The predicted molar refractivity (Wildman–Crippen MR) is 90.2 cm³/mol. The highest BCUT2D eigenvalue weighted by Crippen LogP contribution is 2.30. The quantitative estimate of drug-likeness (QED) is 0.929. The third-order valence-corrected chi connectivity index (χ3v) is 5.14. The summed E-state index contributed by atoms with van der Waals surface area (Å²) >= 11 is 0. The number of nitrogens with zero attached hydrogens (tertiary/aromatic N) is 2. The van der Waals surface area contributed by atoms with Crippen molar-refractivity contribution < 1.29 is 4.79 Å². The number of likely N-dealkylation sites (N-methyl/N-ethyl adjacent to an activating group) is 1. The number of likely N-dealkylation sites (tertiary alicyclic amines) is 1. The van der Waals surface area contributed by atoms with Gasteiger partial charge in [0.1, 0.15) is 0 Å². The molecule has 3 rings (SSSR count). The second kappa shape index (κ2) is 6.69. The number of carbonyl (C=O) groups excluding carboxylic acids is 1. The maximum absolute atomic E-state index is 12.8. The van der Waals surface area contributed by atoms with Gasteiger partial charge >= 0.3 is 6.03 Å². The van der Waals surface area contributed by atoms with Crippen LogP contribution < -0.4 is 5.32 Å². The molecule has 1 aromatic carbocycles. The number of benzene rings is 1. The van der Waals surface area contributed by atoms with E-state index in [0.29, 0.717) is 12.1 Å². The number of urea groups is 1. The van der Waals surface area contributed by atoms with Crippen LogP contribution in [0.15, 0.2) is 24.3 Å². The summed E-state index contributed by atoms with van der Waals surface area (Å²) in [7, 11) is 0. The van der Waals surface area contributed by atoms with Gasteiger partial charge in [-0.3, -0.25) is 0 Å². The van der Waals surface area contributed by atoms with E-state index in [0.717, 1.165) is 51.0 Å². The standard InChI is InChI=1S/C18H27N3O/c1-3-14-6-5-7-15(12-14)19-18(22)21-16-8-9-17(21)13-20(4-2)11-10-16/h5-7,12,16-17H,3-4,8-11,13H2,1-2H3,(H,19,22). The van der Waals surface area contributed by atoms with Crippen molar-refractivity contribution in [3.63, 3.8) is 0 Å². The minimum absolute atomic E-state index is 0.0821. The molecule has 2 bridgehead atoms. The SMILES string of the molecule is CCc1cccc(NC(=O)N2C3CCC2CN(CC)CC3)c1. The van der Waals surface area contributed by atoms with E-state index in [1.165, 1.54) is 5.56 Å². The number of carbonyl (C=O) groups is 1. The second-order valence-electron chi connectivity index (χ2n) is 6.46. The Morgan fingerprint density at radius 1 is 1.23 bits per heavy atom. The molecule has 4 heteroatoms. The topological polar surface area (TPSA) is 35.6 Å². The Morgan fingerprint density at radius 2 is 2.05 bits per heavy atom. The molecule has 2 unspecified atom stereocenters. The zero-order valence-corrected chi connectivity index (χ0v) is 13.7. The van der Waals surface area contributed by atoms with Crippen LogP contribution in [0, 0.1) is 0 Å². The number of nitrogens with one attached hydrogen (secondary N) is 1. The van der Waals surface area contributed by atoms with Crippen LogP contribution in [0.5, 0.6) is 0 Å². The average molecular weight is 301 g/mol. The highest BCUT2D eigenvalue weighted by molar-refractivity contribution is 5.90. The van der Waals surface area contributed by atoms with Crippen LogP contribution in [0.25, 0.3) is 0 Å². The average Bonchev–Trinajstić information content (AvgIpc) is 2.82. The van der Waals surface area contributed by atoms with Gasteiger partial charge in [0.25, 0.3) is 0 Å². The minimum Gasteiger partial charge on any atom is -0.317 e. The third-order valence-electron chi connectivity index (χ3n) is 5.14. The molecule has 0 aliphatic carbocycles. The molecule has 2 aliphatic heterocycles. The summed E-state index contributed by atoms with van der Waals surface area (Å²) in [5, 5.41) is 3.12. The zero-order valence-electron chi connectivity index (χ0n) is 13.7. The van der Waals surface area contributed by atoms with Gasteiger partial charge in [-0.05, 0) is 49.9 Å². The summed E-state index contributed by atoms with van der Waals surface area (Å²) in [5.41, 5.74) is 2.18. The van der Waals surface area contributed by atoms with Crippen LogP contribution in [0.4, 0.5) is 10.5 Å². The van der Waals surface area contributed by atoms with Gasteiger partial charge in [-0.15, -0.1) is 0 Å². The number of aryl methyl sites for hydroxylation is 1. The van der Waals surface area contributed by atoms with Crippen molar-refractivity contribution in [2.45, 2.75) is 51.6 Å². The molecule has 0 radical (unpaired) electrons. The van der Waals surface area contributed by atoms with E-state index in [9.17, 15) is 4.79 Å². The van der Waals surface area contributed by atoms with E-state index in [1.54, 1.807) is 0 Å². The number of hydrogen-bond donors (Lipinski definition) is 1. The molecule has 22 heavy (non-hydrogen) atoms. The Bertz CT molecular complexity index is 531. The maximum atomic E-state index is 12.8. The minimum atomic E-state index is 0.0821. The van der Waals surface area contributed by atoms with Gasteiger partial charge in [0, 0.05) is 30.9 Å². The van der Waals surface area contributed by atoms with Gasteiger partial charge in [-0.1, -0.05) is 26.0 Å². The van der Waals surface area contributed by atoms with Crippen LogP contribution in [-0.2, 0) is 6.42 Å². The third kappa shape index (κ3) is 3.12. The van der Waals surface area contributed by atoms with E-state index in [-0.39, 0.29) is 6.03 Å². The molecular weight excluding hydrogens is 274 g/mol. The van der Waals surface area contributed by atoms with Crippen molar-refractivity contribution in [3.05, 3.63) is 29.8 Å². The molecule has 2 heterocycles. The van der Waals surface area contributed by atoms with Crippen molar-refractivity contribution in [2.75, 3.05) is 25.0 Å². The van der Waals surface area contributed by atoms with Crippen molar-refractivity contribution in [3.8, 4) is 0 Å². The van der Waals surface area contributed by atoms with E-state index in [4.69, 9.17) is 0 Å². The maximum Gasteiger partial charge on any atom is 0.322 e. The lowest BCUT2D eigenvalue weighted by Crippen LogP contribution is -2.45. The fourth-order valence-electron chi connectivity index (χ4n) is 3.82. The summed E-state index contributed by atoms with van der Waals surface area (Å²) < 4.78 is 0. The molecule has 1 N–H and O–H groups in total. The predicted octanol–water partition coefficient (Wildman–Crippen LogP) is 3.34. The zero-order chi connectivity index (χ0) is 15.5. The number of rotatable bonds is 3. The fourth-order valence-corrected chi connectivity index (χ4v) is 3.82. The van der Waals surface area contributed by atoms with Crippen LogP contribution in [-0.4, -0.2) is 47.5 Å². The molecule has 0 spiro atoms. The Kier molecular flexibility index (Phi) is 4.67. The first kappa shape index (κ1) is 15.3. The summed E-state index contributed by atoms with van der Waals surface area (Å²) in [6, 6.07) is 9.05. The van der Waals surface area contributed by atoms with Crippen molar-refractivity contribution in [2.24, 2.45) is 0 Å². The summed E-state index contributed by atoms with van der Waals surface area (Å²) in [4.78, 5) is 17.4. The van der Waals surface area contributed by atoms with Crippen LogP contribution in [0.2, 0.25) is 0 Å². The number of amides is 2. The van der Waals surface area contributed by atoms with Crippen LogP contribution in [0.3, 0.4) is 0 Å². The molecular formula is C18H27N3O. The van der Waals surface area contributed by atoms with E-state index in [1.807, 2.05) is 12.1 Å². The lowest BCUT2D eigenvalue weighted by atomic mass is 10.1. The van der Waals surface area contributed by atoms with Crippen LogP contribution >= 0.6 is 0 Å². The van der Waals surface area contributed by atoms with E-state index < -0.39 is 0 Å². The Morgan fingerprint density at radius 3 is 2.82 bits per heavy atom. The summed E-state index contributed by atoms with van der Waals surface area (Å²) in [5.74, 6) is 0. The number of hydrogen-bond acceptors (Lipinski definition) is 2. The Balaban J connectivity index is 1.71. The van der Waals surface area contributed by atoms with E-state index >= 15 is 0 Å². The monoisotopic (exact) mass is 301 g/mol. The molecule has 0 saturated carbocycles. The van der Waals surface area contributed by atoms with Gasteiger partial charge in [0.15, 0.2) is 0 Å². The highest BCUT2D eigenvalue weighted by Gasteiger charge is 2.39. The van der Waals surface area contributed by atoms with Crippen molar-refractivity contribution >= 4 is 11.7 Å². The second-order valence-corrected chi connectivity index (χ2v) is 6.46. The first-order valence-electron chi connectivity index (χ1n) is 8.61. The van der Waals surface area contributed by atoms with Gasteiger partial charge in [-0.25, -0.2) is 4.79 Å². The van der Waals surface area contributed by atoms with Crippen molar-refractivity contribution in [1.29, 1.82) is 0 Å². The highest BCUT2D eigenvalue weighted by atomic mass is 16.2. The first-order valence-corrected chi connectivity index (χ1v) is 8.61. The largest absolute Gasteiger partial charge is 0.322 e. The number of anilines is 1. The van der Waals surface area contributed by atoms with Crippen molar-refractivity contribution in [1.82, 2.24) is 9.80 Å². The molecule has 2 saturated heterocycles. The van der Waals surface area contributed by atoms with Gasteiger partial charge in [0.2, 0.25) is 0 Å². The van der Waals surface area contributed by atoms with Gasteiger partial charge in [-0.2, -0.15) is 0 Å². The molecule has 1 aromatic rings. The molecule has 4 nitrogen and oxygen atoms in total. The van der Waals surface area contributed by atoms with E-state index in [2.05, 4.69) is 41.1 Å². The molecule has 2 aliphatic rings. The molecule has 2 atom stereocenters. The Labute approximate surface area is 133 Å². The lowest BCUT2D eigenvalue weighted by molar-refractivity contribution is 0.184. The molecule has 0 aromatic heterocycles. The molecule has 120 valence electrons. The smallest absolute Gasteiger partial charge is 0.317 e.